The van der Waals surface area contributed by atoms with Gasteiger partial charge in [-0.25, -0.2) is 4.39 Å². The highest BCUT2D eigenvalue weighted by atomic mass is 19.1. The van der Waals surface area contributed by atoms with Crippen molar-refractivity contribution in [2.24, 2.45) is 0 Å². The van der Waals surface area contributed by atoms with Crippen LogP contribution < -0.4 is 0 Å². The zero-order valence-corrected chi connectivity index (χ0v) is 13.9. The maximum Gasteiger partial charge on any atom is 0.201 e. The third-order valence-electron chi connectivity index (χ3n) is 3.56. The van der Waals surface area contributed by atoms with E-state index in [1.165, 1.54) is 6.92 Å². The smallest absolute Gasteiger partial charge is 0.201 e. The third kappa shape index (κ3) is 3.81. The van der Waals surface area contributed by atoms with Gasteiger partial charge < -0.3 is 20.1 Å². The molecule has 6 heteroatoms. The predicted molar refractivity (Wildman–Crippen MR) is 82.8 cm³/mol. The van der Waals surface area contributed by atoms with Crippen molar-refractivity contribution >= 4 is 0 Å². The van der Waals surface area contributed by atoms with Crippen LogP contribution in [0.4, 0.5) is 4.39 Å². The Morgan fingerprint density at radius 3 is 2.05 bits per heavy atom. The Bertz CT molecular complexity index is 482. The normalized spacial score (nSPS) is 22.1. The van der Waals surface area contributed by atoms with Crippen LogP contribution >= 0.6 is 0 Å². The van der Waals surface area contributed by atoms with Crippen molar-refractivity contribution in [1.29, 1.82) is 0 Å². The Kier molecular flexibility index (Phi) is 6.44. The average Bonchev–Trinajstić information content (AvgIpc) is 2.49. The number of hydrogen-bond acceptors (Lipinski definition) is 5. The molecule has 0 saturated carbocycles. The molecule has 5 nitrogen and oxygen atoms in total. The number of halogens is 1. The van der Waals surface area contributed by atoms with Gasteiger partial charge in [-0.2, -0.15) is 0 Å². The number of phenols is 3. The Morgan fingerprint density at radius 2 is 1.55 bits per heavy atom. The topological polar surface area (TPSA) is 73.2 Å². The van der Waals surface area contributed by atoms with Gasteiger partial charge in [-0.1, -0.05) is 13.8 Å². The number of benzene rings is 1. The maximum atomic E-state index is 14.2. The van der Waals surface area contributed by atoms with Crippen molar-refractivity contribution in [3.05, 3.63) is 16.9 Å². The van der Waals surface area contributed by atoms with Crippen LogP contribution in [-0.2, 0) is 11.3 Å². The van der Waals surface area contributed by atoms with Gasteiger partial charge in [0.25, 0.3) is 0 Å². The van der Waals surface area contributed by atoms with Crippen LogP contribution in [0.25, 0.3) is 0 Å². The first-order valence-corrected chi connectivity index (χ1v) is 7.60. The monoisotopic (exact) mass is 315 g/mol. The fourth-order valence-electron chi connectivity index (χ4n) is 2.65. The largest absolute Gasteiger partial charge is 0.504 e. The van der Waals surface area contributed by atoms with Gasteiger partial charge in [0, 0.05) is 30.8 Å². The molecule has 2 atom stereocenters. The average molecular weight is 315 g/mol. The molecule has 2 unspecified atom stereocenters. The van der Waals surface area contributed by atoms with Crippen LogP contribution in [0.5, 0.6) is 17.2 Å². The molecule has 1 fully saturated rings. The van der Waals surface area contributed by atoms with E-state index in [1.54, 1.807) is 0 Å². The van der Waals surface area contributed by atoms with Gasteiger partial charge in [0.05, 0.1) is 12.2 Å². The van der Waals surface area contributed by atoms with Crippen molar-refractivity contribution in [1.82, 2.24) is 4.90 Å². The predicted octanol–water partition coefficient (Wildman–Crippen LogP) is 2.89. The molecular formula is C16H26FNO4. The molecule has 0 aliphatic carbocycles. The van der Waals surface area contributed by atoms with Gasteiger partial charge in [0.1, 0.15) is 5.82 Å². The lowest BCUT2D eigenvalue weighted by atomic mass is 10.1. The van der Waals surface area contributed by atoms with Gasteiger partial charge in [-0.15, -0.1) is 0 Å². The molecule has 1 aliphatic heterocycles. The van der Waals surface area contributed by atoms with Crippen molar-refractivity contribution < 1.29 is 24.4 Å². The highest BCUT2D eigenvalue weighted by Crippen LogP contribution is 2.42. The molecule has 0 amide bonds. The summed E-state index contributed by atoms with van der Waals surface area (Å²) in [6.45, 7) is 10.6. The summed E-state index contributed by atoms with van der Waals surface area (Å²) in [5.74, 6) is -2.58. The standard InChI is InChI=1S/C14H20FNO4.C2H6/c1-7-4-16(5-8(2)20-7)6-10-11(15)9(3)12(17)14(19)13(10)18;1-2/h7-8,17-19H,4-6H2,1-3H3;1-2H3. The molecular weight excluding hydrogens is 289 g/mol. The number of rotatable bonds is 2. The van der Waals surface area contributed by atoms with Gasteiger partial charge in [0.2, 0.25) is 5.75 Å². The van der Waals surface area contributed by atoms with Crippen LogP contribution in [0.15, 0.2) is 0 Å². The van der Waals surface area contributed by atoms with E-state index >= 15 is 0 Å². The zero-order chi connectivity index (χ0) is 17.0. The number of hydrogen-bond donors (Lipinski definition) is 3. The van der Waals surface area contributed by atoms with Crippen LogP contribution in [0.2, 0.25) is 0 Å². The van der Waals surface area contributed by atoms with E-state index in [-0.39, 0.29) is 29.9 Å². The van der Waals surface area contributed by atoms with E-state index in [2.05, 4.69) is 0 Å². The zero-order valence-electron chi connectivity index (χ0n) is 13.9. The highest BCUT2D eigenvalue weighted by Gasteiger charge is 2.27. The van der Waals surface area contributed by atoms with E-state index in [0.717, 1.165) is 0 Å². The fraction of sp³-hybridized carbons (Fsp3) is 0.625. The van der Waals surface area contributed by atoms with Crippen molar-refractivity contribution in [3.63, 3.8) is 0 Å². The number of aromatic hydroxyl groups is 3. The minimum Gasteiger partial charge on any atom is -0.504 e. The molecule has 0 aromatic heterocycles. The summed E-state index contributed by atoms with van der Waals surface area (Å²) in [6.07, 6.45) is 0.0477. The second-order valence-electron chi connectivity index (χ2n) is 5.41. The molecule has 1 saturated heterocycles. The lowest BCUT2D eigenvalue weighted by Crippen LogP contribution is -2.44. The minimum atomic E-state index is -0.690. The summed E-state index contributed by atoms with van der Waals surface area (Å²) < 4.78 is 19.8. The fourth-order valence-corrected chi connectivity index (χ4v) is 2.65. The molecule has 0 bridgehead atoms. The van der Waals surface area contributed by atoms with E-state index in [1.807, 2.05) is 32.6 Å². The van der Waals surface area contributed by atoms with Crippen molar-refractivity contribution in [2.45, 2.75) is 53.4 Å². The molecule has 2 rings (SSSR count). The highest BCUT2D eigenvalue weighted by molar-refractivity contribution is 5.57. The molecule has 22 heavy (non-hydrogen) atoms. The van der Waals surface area contributed by atoms with Gasteiger partial charge in [-0.3, -0.25) is 4.90 Å². The first-order valence-electron chi connectivity index (χ1n) is 7.60. The second-order valence-corrected chi connectivity index (χ2v) is 5.41. The SMILES string of the molecule is CC.Cc1c(O)c(O)c(O)c(CN2CC(C)OC(C)C2)c1F. The molecule has 1 aromatic rings. The third-order valence-corrected chi connectivity index (χ3v) is 3.56. The minimum absolute atomic E-state index is 0.000833. The van der Waals surface area contributed by atoms with E-state index in [9.17, 15) is 19.7 Å². The molecule has 1 aliphatic rings. The Balaban J connectivity index is 0.00000116. The summed E-state index contributed by atoms with van der Waals surface area (Å²) in [5, 5.41) is 29.0. The lowest BCUT2D eigenvalue weighted by molar-refractivity contribution is -0.0708. The van der Waals surface area contributed by atoms with Gasteiger partial charge in [-0.05, 0) is 20.8 Å². The van der Waals surface area contributed by atoms with E-state index in [4.69, 9.17) is 4.74 Å². The molecule has 0 radical (unpaired) electrons. The summed E-state index contributed by atoms with van der Waals surface area (Å²) in [5.41, 5.74) is -0.0660. The summed E-state index contributed by atoms with van der Waals surface area (Å²) >= 11 is 0. The number of phenolic OH excluding ortho intramolecular Hbond substituents is 3. The van der Waals surface area contributed by atoms with Crippen LogP contribution in [0.3, 0.4) is 0 Å². The molecule has 1 heterocycles. The number of ether oxygens (including phenoxy) is 1. The van der Waals surface area contributed by atoms with Crippen molar-refractivity contribution in [2.75, 3.05) is 13.1 Å². The Morgan fingerprint density at radius 1 is 1.05 bits per heavy atom. The van der Waals surface area contributed by atoms with E-state index < -0.39 is 23.1 Å². The van der Waals surface area contributed by atoms with Crippen LogP contribution in [-0.4, -0.2) is 45.5 Å². The summed E-state index contributed by atoms with van der Waals surface area (Å²) in [4.78, 5) is 1.95. The lowest BCUT2D eigenvalue weighted by Gasteiger charge is -2.35. The van der Waals surface area contributed by atoms with Crippen LogP contribution in [0, 0.1) is 12.7 Å². The van der Waals surface area contributed by atoms with Crippen LogP contribution in [0.1, 0.15) is 38.8 Å². The number of morpholine rings is 1. The molecule has 0 spiro atoms. The first-order chi connectivity index (χ1) is 10.3. The van der Waals surface area contributed by atoms with Gasteiger partial charge in [0.15, 0.2) is 11.5 Å². The Labute approximate surface area is 131 Å². The maximum absolute atomic E-state index is 14.2. The quantitative estimate of drug-likeness (QED) is 0.732. The first kappa shape index (κ1) is 18.5. The number of nitrogens with zero attached hydrogens (tertiary/aromatic N) is 1. The molecule has 126 valence electrons. The molecule has 1 aromatic carbocycles. The van der Waals surface area contributed by atoms with E-state index in [0.29, 0.717) is 13.1 Å². The van der Waals surface area contributed by atoms with Gasteiger partial charge >= 0.3 is 0 Å². The summed E-state index contributed by atoms with van der Waals surface area (Å²) in [7, 11) is 0. The summed E-state index contributed by atoms with van der Waals surface area (Å²) in [6, 6.07) is 0. The van der Waals surface area contributed by atoms with Crippen molar-refractivity contribution in [3.8, 4) is 17.2 Å². The second kappa shape index (κ2) is 7.65. The molecule has 3 N–H and O–H groups in total. The Hall–Kier alpha value is -1.53.